The molecule has 4 rings (SSSR count). The summed E-state index contributed by atoms with van der Waals surface area (Å²) in [5.41, 5.74) is 0.620. The van der Waals surface area contributed by atoms with Crippen LogP contribution in [0.5, 0.6) is 0 Å². The van der Waals surface area contributed by atoms with Crippen LogP contribution in [-0.4, -0.2) is 48.3 Å². The van der Waals surface area contributed by atoms with Crippen LogP contribution < -0.4 is 5.56 Å². The molecule has 0 saturated carbocycles. The van der Waals surface area contributed by atoms with Crippen molar-refractivity contribution in [3.63, 3.8) is 0 Å². The fraction of sp³-hybridized carbons (Fsp3) is 0.368. The first-order valence-corrected chi connectivity index (χ1v) is 9.93. The molecule has 1 aromatic carbocycles. The van der Waals surface area contributed by atoms with Crippen LogP contribution in [-0.2, 0) is 11.3 Å². The highest BCUT2D eigenvalue weighted by molar-refractivity contribution is 8.00. The van der Waals surface area contributed by atoms with Crippen LogP contribution in [0, 0.1) is 0 Å². The molecule has 1 aliphatic heterocycles. The van der Waals surface area contributed by atoms with Crippen molar-refractivity contribution in [2.45, 2.75) is 36.7 Å². The van der Waals surface area contributed by atoms with E-state index < -0.39 is 0 Å². The van der Waals surface area contributed by atoms with Gasteiger partial charge in [-0.15, -0.1) is 16.8 Å². The van der Waals surface area contributed by atoms with Crippen molar-refractivity contribution in [3.05, 3.63) is 47.3 Å². The molecule has 0 aliphatic carbocycles. The number of allylic oxidation sites excluding steroid dienone is 1. The molecule has 0 radical (unpaired) electrons. The maximum Gasteiger partial charge on any atom is 0.263 e. The summed E-state index contributed by atoms with van der Waals surface area (Å²) in [4.78, 5) is 27.4. The Kier molecular flexibility index (Phi) is 4.73. The predicted octanol–water partition coefficient (Wildman–Crippen LogP) is 2.33. The first kappa shape index (κ1) is 17.8. The molecule has 0 bridgehead atoms. The van der Waals surface area contributed by atoms with Gasteiger partial charge in [0.2, 0.25) is 11.7 Å². The van der Waals surface area contributed by atoms with E-state index in [0.29, 0.717) is 22.9 Å². The summed E-state index contributed by atoms with van der Waals surface area (Å²) >= 11 is 1.38. The molecule has 1 saturated heterocycles. The lowest BCUT2D eigenvalue weighted by molar-refractivity contribution is -0.129. The van der Waals surface area contributed by atoms with Crippen LogP contribution in [0.15, 0.2) is 46.9 Å². The summed E-state index contributed by atoms with van der Waals surface area (Å²) in [6.45, 7) is 7.63. The van der Waals surface area contributed by atoms with Crippen molar-refractivity contribution < 1.29 is 4.79 Å². The van der Waals surface area contributed by atoms with Crippen molar-refractivity contribution in [2.75, 3.05) is 13.1 Å². The third-order valence-electron chi connectivity index (χ3n) is 4.84. The van der Waals surface area contributed by atoms with Gasteiger partial charge in [0.05, 0.1) is 16.2 Å². The molecule has 0 unspecified atom stereocenters. The molecule has 1 amide bonds. The molecule has 1 fully saturated rings. The number of likely N-dealkylation sites (tertiary alicyclic amines) is 1. The standard InChI is InChI=1S/C19H21N5O2S/c1-3-10-23-17(26)14-8-4-5-9-15(14)24-18(23)20-21-19(24)27-13(2)16(25)22-11-6-7-12-22/h3-5,8-9,13H,1,6-7,10-12H2,2H3/t13-/m0/s1. The van der Waals surface area contributed by atoms with Gasteiger partial charge in [-0.05, 0) is 31.9 Å². The van der Waals surface area contributed by atoms with Crippen LogP contribution in [0.25, 0.3) is 16.7 Å². The van der Waals surface area contributed by atoms with E-state index in [9.17, 15) is 9.59 Å². The van der Waals surface area contributed by atoms with E-state index in [1.54, 1.807) is 16.7 Å². The zero-order valence-electron chi connectivity index (χ0n) is 15.2. The molecule has 8 heteroatoms. The topological polar surface area (TPSA) is 72.5 Å². The number of benzene rings is 1. The molecule has 3 aromatic rings. The average Bonchev–Trinajstić information content (AvgIpc) is 3.35. The number of aromatic nitrogens is 4. The summed E-state index contributed by atoms with van der Waals surface area (Å²) in [7, 11) is 0. The molecular formula is C19H21N5O2S. The zero-order valence-corrected chi connectivity index (χ0v) is 16.0. The van der Waals surface area contributed by atoms with Crippen LogP contribution in [0.1, 0.15) is 19.8 Å². The molecular weight excluding hydrogens is 362 g/mol. The second-order valence-corrected chi connectivity index (χ2v) is 7.94. The van der Waals surface area contributed by atoms with E-state index in [1.807, 2.05) is 34.4 Å². The van der Waals surface area contributed by atoms with Crippen LogP contribution in [0.4, 0.5) is 0 Å². The van der Waals surface area contributed by atoms with Gasteiger partial charge in [0, 0.05) is 19.6 Å². The summed E-state index contributed by atoms with van der Waals surface area (Å²) in [5, 5.41) is 9.46. The second-order valence-electron chi connectivity index (χ2n) is 6.63. The van der Waals surface area contributed by atoms with Gasteiger partial charge < -0.3 is 4.90 Å². The molecule has 3 heterocycles. The van der Waals surface area contributed by atoms with E-state index in [4.69, 9.17) is 0 Å². The average molecular weight is 383 g/mol. The number of para-hydroxylation sites is 1. The van der Waals surface area contributed by atoms with Crippen LogP contribution in [0.2, 0.25) is 0 Å². The van der Waals surface area contributed by atoms with Gasteiger partial charge in [-0.25, -0.2) is 0 Å². The zero-order chi connectivity index (χ0) is 19.0. The minimum Gasteiger partial charge on any atom is -0.342 e. The summed E-state index contributed by atoms with van der Waals surface area (Å²) in [6.07, 6.45) is 3.79. The quantitative estimate of drug-likeness (QED) is 0.499. The molecule has 1 aliphatic rings. The minimum absolute atomic E-state index is 0.122. The maximum absolute atomic E-state index is 12.8. The molecule has 0 N–H and O–H groups in total. The summed E-state index contributed by atoms with van der Waals surface area (Å²) in [5.74, 6) is 0.583. The Morgan fingerprint density at radius 3 is 2.78 bits per heavy atom. The normalized spacial score (nSPS) is 15.5. The number of amides is 1. The number of thioether (sulfide) groups is 1. The fourth-order valence-electron chi connectivity index (χ4n) is 3.51. The molecule has 140 valence electrons. The molecule has 0 spiro atoms. The van der Waals surface area contributed by atoms with Gasteiger partial charge in [0.15, 0.2) is 5.16 Å². The number of fused-ring (bicyclic) bond motifs is 3. The Morgan fingerprint density at radius 1 is 1.30 bits per heavy atom. The number of rotatable bonds is 5. The van der Waals surface area contributed by atoms with Crippen molar-refractivity contribution in [2.24, 2.45) is 0 Å². The van der Waals surface area contributed by atoms with Gasteiger partial charge >= 0.3 is 0 Å². The summed E-state index contributed by atoms with van der Waals surface area (Å²) in [6, 6.07) is 7.39. The first-order chi connectivity index (χ1) is 13.1. The Bertz CT molecular complexity index is 1080. The largest absolute Gasteiger partial charge is 0.342 e. The molecule has 2 aromatic heterocycles. The SMILES string of the molecule is C=CCn1c(=O)c2ccccc2n2c(S[C@@H](C)C(=O)N3CCCC3)nnc12. The molecule has 7 nitrogen and oxygen atoms in total. The lowest BCUT2D eigenvalue weighted by Crippen LogP contribution is -2.34. The van der Waals surface area contributed by atoms with E-state index >= 15 is 0 Å². The Balaban J connectivity index is 1.81. The number of hydrogen-bond acceptors (Lipinski definition) is 5. The monoisotopic (exact) mass is 383 g/mol. The predicted molar refractivity (Wildman–Crippen MR) is 106 cm³/mol. The van der Waals surface area contributed by atoms with E-state index in [0.717, 1.165) is 31.4 Å². The van der Waals surface area contributed by atoms with Gasteiger partial charge in [0.1, 0.15) is 0 Å². The van der Waals surface area contributed by atoms with Gasteiger partial charge in [0.25, 0.3) is 5.56 Å². The highest BCUT2D eigenvalue weighted by Gasteiger charge is 2.26. The summed E-state index contributed by atoms with van der Waals surface area (Å²) < 4.78 is 3.41. The third kappa shape index (κ3) is 3.03. The number of hydrogen-bond donors (Lipinski definition) is 0. The Hall–Kier alpha value is -2.61. The van der Waals surface area contributed by atoms with E-state index in [2.05, 4.69) is 16.8 Å². The van der Waals surface area contributed by atoms with Crippen LogP contribution >= 0.6 is 11.8 Å². The van der Waals surface area contributed by atoms with Crippen molar-refractivity contribution in [3.8, 4) is 0 Å². The second kappa shape index (κ2) is 7.19. The van der Waals surface area contributed by atoms with E-state index in [1.165, 1.54) is 11.8 Å². The third-order valence-corrected chi connectivity index (χ3v) is 5.87. The van der Waals surface area contributed by atoms with Crippen LogP contribution in [0.3, 0.4) is 0 Å². The molecule has 1 atom stereocenters. The van der Waals surface area contributed by atoms with Gasteiger partial charge in [-0.2, -0.15) is 0 Å². The van der Waals surface area contributed by atoms with Gasteiger partial charge in [-0.3, -0.25) is 18.6 Å². The number of nitrogens with zero attached hydrogens (tertiary/aromatic N) is 5. The maximum atomic E-state index is 12.8. The lowest BCUT2D eigenvalue weighted by atomic mass is 10.2. The lowest BCUT2D eigenvalue weighted by Gasteiger charge is -2.19. The Labute approximate surface area is 160 Å². The Morgan fingerprint density at radius 2 is 2.04 bits per heavy atom. The first-order valence-electron chi connectivity index (χ1n) is 9.05. The van der Waals surface area contributed by atoms with Gasteiger partial charge in [-0.1, -0.05) is 30.0 Å². The smallest absolute Gasteiger partial charge is 0.263 e. The van der Waals surface area contributed by atoms with E-state index in [-0.39, 0.29) is 16.7 Å². The van der Waals surface area contributed by atoms with Crippen molar-refractivity contribution in [1.29, 1.82) is 0 Å². The minimum atomic E-state index is -0.269. The van der Waals surface area contributed by atoms with Crippen molar-refractivity contribution in [1.82, 2.24) is 24.1 Å². The highest BCUT2D eigenvalue weighted by atomic mass is 32.2. The van der Waals surface area contributed by atoms with Crippen molar-refractivity contribution >= 4 is 34.3 Å². The number of carbonyl (C=O) groups excluding carboxylic acids is 1. The fourth-order valence-corrected chi connectivity index (χ4v) is 4.45. The highest BCUT2D eigenvalue weighted by Crippen LogP contribution is 2.26. The number of carbonyl (C=O) groups is 1. The molecule has 27 heavy (non-hydrogen) atoms.